The molecule has 1 N–H and O–H groups in total. The van der Waals surface area contributed by atoms with E-state index in [4.69, 9.17) is 9.47 Å². The van der Waals surface area contributed by atoms with Crippen LogP contribution in [0, 0.1) is 0 Å². The molecule has 0 bridgehead atoms. The molecule has 3 aromatic rings. The molecule has 0 spiro atoms. The van der Waals surface area contributed by atoms with Crippen molar-refractivity contribution in [2.24, 2.45) is 0 Å². The van der Waals surface area contributed by atoms with Crippen LogP contribution in [0.15, 0.2) is 83.3 Å². The van der Waals surface area contributed by atoms with E-state index in [0.29, 0.717) is 19.6 Å². The molecule has 0 heterocycles. The van der Waals surface area contributed by atoms with Crippen molar-refractivity contribution in [3.63, 3.8) is 0 Å². The highest BCUT2D eigenvalue weighted by molar-refractivity contribution is 9.10. The third-order valence-electron chi connectivity index (χ3n) is 5.15. The molecule has 4 nitrogen and oxygen atoms in total. The molecule has 0 saturated carbocycles. The average Bonchev–Trinajstić information content (AvgIpc) is 2.80. The Morgan fingerprint density at radius 1 is 0.969 bits per heavy atom. The minimum absolute atomic E-state index is 0.332. The Morgan fingerprint density at radius 2 is 1.56 bits per heavy atom. The van der Waals surface area contributed by atoms with Crippen LogP contribution >= 0.6 is 15.9 Å². The molecule has 3 aromatic carbocycles. The molecule has 0 aliphatic rings. The second-order valence-corrected chi connectivity index (χ2v) is 8.33. The zero-order chi connectivity index (χ0) is 22.9. The first kappa shape index (κ1) is 23.8. The van der Waals surface area contributed by atoms with Gasteiger partial charge in [-0.3, -0.25) is 0 Å². The predicted molar refractivity (Wildman–Crippen MR) is 132 cm³/mol. The summed E-state index contributed by atoms with van der Waals surface area (Å²) in [7, 11) is 0. The van der Waals surface area contributed by atoms with E-state index in [1.54, 1.807) is 6.92 Å². The SMILES string of the molecule is CCO[C@@H](Cc1ccc(OCC=C(C)c2ccc(-c3ccc(Br)cc3)cc2)cc1)C(=O)O. The smallest absolute Gasteiger partial charge is 0.333 e. The largest absolute Gasteiger partial charge is 0.490 e. The average molecular weight is 495 g/mol. The molecule has 0 amide bonds. The van der Waals surface area contributed by atoms with Gasteiger partial charge in [-0.2, -0.15) is 0 Å². The fourth-order valence-corrected chi connectivity index (χ4v) is 3.57. The van der Waals surface area contributed by atoms with Crippen LogP contribution in [-0.4, -0.2) is 30.4 Å². The van der Waals surface area contributed by atoms with E-state index in [1.165, 1.54) is 11.1 Å². The number of carbonyl (C=O) groups is 1. The Hall–Kier alpha value is -2.89. The van der Waals surface area contributed by atoms with Gasteiger partial charge >= 0.3 is 5.97 Å². The number of benzene rings is 3. The van der Waals surface area contributed by atoms with E-state index in [9.17, 15) is 9.90 Å². The van der Waals surface area contributed by atoms with Gasteiger partial charge in [-0.25, -0.2) is 4.79 Å². The Balaban J connectivity index is 1.55. The van der Waals surface area contributed by atoms with Crippen LogP contribution in [0.1, 0.15) is 25.0 Å². The zero-order valence-electron chi connectivity index (χ0n) is 18.3. The normalized spacial score (nSPS) is 12.4. The summed E-state index contributed by atoms with van der Waals surface area (Å²) in [6, 6.07) is 24.2. The maximum atomic E-state index is 11.2. The Labute approximate surface area is 197 Å². The highest BCUT2D eigenvalue weighted by Crippen LogP contribution is 2.24. The molecule has 32 heavy (non-hydrogen) atoms. The van der Waals surface area contributed by atoms with Crippen LogP contribution in [0.5, 0.6) is 5.75 Å². The number of carboxylic acid groups (broad SMARTS) is 1. The molecule has 0 aliphatic heterocycles. The van der Waals surface area contributed by atoms with E-state index in [2.05, 4.69) is 65.3 Å². The summed E-state index contributed by atoms with van der Waals surface area (Å²) < 4.78 is 12.2. The fourth-order valence-electron chi connectivity index (χ4n) is 3.30. The number of rotatable bonds is 10. The summed E-state index contributed by atoms with van der Waals surface area (Å²) >= 11 is 3.47. The standard InChI is InChI=1S/C27H27BrO4/c1-3-31-26(27(29)30)18-20-4-14-25(15-5-20)32-17-16-19(2)21-6-8-22(9-7-21)23-10-12-24(28)13-11-23/h4-16,26H,3,17-18H2,1-2H3,(H,29,30)/t26-/m0/s1. The van der Waals surface area contributed by atoms with Gasteiger partial charge in [0.25, 0.3) is 0 Å². The van der Waals surface area contributed by atoms with E-state index in [-0.39, 0.29) is 0 Å². The lowest BCUT2D eigenvalue weighted by molar-refractivity contribution is -0.149. The topological polar surface area (TPSA) is 55.8 Å². The minimum Gasteiger partial charge on any atom is -0.490 e. The number of hydrogen-bond donors (Lipinski definition) is 1. The number of aliphatic carboxylic acids is 1. The maximum Gasteiger partial charge on any atom is 0.333 e. The molecular weight excluding hydrogens is 468 g/mol. The zero-order valence-corrected chi connectivity index (χ0v) is 19.8. The molecule has 5 heteroatoms. The first-order chi connectivity index (χ1) is 15.5. The molecular formula is C27H27BrO4. The van der Waals surface area contributed by atoms with E-state index < -0.39 is 12.1 Å². The van der Waals surface area contributed by atoms with Gasteiger partial charge in [-0.05, 0) is 72.0 Å². The number of carboxylic acids is 1. The van der Waals surface area contributed by atoms with Gasteiger partial charge in [-0.1, -0.05) is 64.5 Å². The van der Waals surface area contributed by atoms with Crippen LogP contribution < -0.4 is 4.74 Å². The van der Waals surface area contributed by atoms with Gasteiger partial charge < -0.3 is 14.6 Å². The predicted octanol–water partition coefficient (Wildman–Crippen LogP) is 6.63. The molecule has 0 radical (unpaired) electrons. The third kappa shape index (κ3) is 6.81. The minimum atomic E-state index is -0.947. The van der Waals surface area contributed by atoms with Gasteiger partial charge in [-0.15, -0.1) is 0 Å². The summed E-state index contributed by atoms with van der Waals surface area (Å²) in [5.41, 5.74) is 5.56. The van der Waals surface area contributed by atoms with Gasteiger partial charge in [0, 0.05) is 17.5 Å². The second-order valence-electron chi connectivity index (χ2n) is 7.41. The van der Waals surface area contributed by atoms with E-state index in [0.717, 1.165) is 26.9 Å². The monoisotopic (exact) mass is 494 g/mol. The lowest BCUT2D eigenvalue weighted by atomic mass is 10.0. The molecule has 0 fully saturated rings. The van der Waals surface area contributed by atoms with Crippen molar-refractivity contribution in [3.8, 4) is 16.9 Å². The third-order valence-corrected chi connectivity index (χ3v) is 5.67. The van der Waals surface area contributed by atoms with Gasteiger partial charge in [0.2, 0.25) is 0 Å². The van der Waals surface area contributed by atoms with Crippen LogP contribution in [0.2, 0.25) is 0 Å². The van der Waals surface area contributed by atoms with Crippen molar-refractivity contribution in [3.05, 3.63) is 94.5 Å². The summed E-state index contributed by atoms with van der Waals surface area (Å²) in [5.74, 6) is -0.204. The fraction of sp³-hybridized carbons (Fsp3) is 0.222. The highest BCUT2D eigenvalue weighted by atomic mass is 79.9. The van der Waals surface area contributed by atoms with Crippen molar-refractivity contribution >= 4 is 27.5 Å². The molecule has 3 rings (SSSR count). The summed E-state index contributed by atoms with van der Waals surface area (Å²) in [5, 5.41) is 9.21. The van der Waals surface area contributed by atoms with Crippen molar-refractivity contribution in [1.29, 1.82) is 0 Å². The number of allylic oxidation sites excluding steroid dienone is 1. The van der Waals surface area contributed by atoms with Crippen LogP contribution in [-0.2, 0) is 16.0 Å². The molecule has 0 unspecified atom stereocenters. The maximum absolute atomic E-state index is 11.2. The van der Waals surface area contributed by atoms with Gasteiger partial charge in [0.1, 0.15) is 12.4 Å². The van der Waals surface area contributed by atoms with Crippen LogP contribution in [0.25, 0.3) is 16.7 Å². The molecule has 0 aliphatic carbocycles. The lowest BCUT2D eigenvalue weighted by Crippen LogP contribution is -2.26. The Morgan fingerprint density at radius 3 is 2.12 bits per heavy atom. The van der Waals surface area contributed by atoms with Crippen LogP contribution in [0.4, 0.5) is 0 Å². The Kier molecular flexibility index (Phi) is 8.65. The number of halogens is 1. The van der Waals surface area contributed by atoms with Crippen LogP contribution in [0.3, 0.4) is 0 Å². The number of ether oxygens (including phenoxy) is 2. The molecule has 1 atom stereocenters. The quantitative estimate of drug-likeness (QED) is 0.343. The molecule has 0 saturated heterocycles. The second kappa shape index (κ2) is 11.7. The van der Waals surface area contributed by atoms with Crippen molar-refractivity contribution in [2.75, 3.05) is 13.2 Å². The van der Waals surface area contributed by atoms with Crippen molar-refractivity contribution in [1.82, 2.24) is 0 Å². The van der Waals surface area contributed by atoms with E-state index >= 15 is 0 Å². The van der Waals surface area contributed by atoms with E-state index in [1.807, 2.05) is 36.4 Å². The number of hydrogen-bond acceptors (Lipinski definition) is 3. The van der Waals surface area contributed by atoms with Gasteiger partial charge in [0.15, 0.2) is 6.10 Å². The first-order valence-corrected chi connectivity index (χ1v) is 11.3. The van der Waals surface area contributed by atoms with Gasteiger partial charge in [0.05, 0.1) is 0 Å². The molecule has 166 valence electrons. The van der Waals surface area contributed by atoms with Crippen molar-refractivity contribution < 1.29 is 19.4 Å². The lowest BCUT2D eigenvalue weighted by Gasteiger charge is -2.12. The summed E-state index contributed by atoms with van der Waals surface area (Å²) in [4.78, 5) is 11.2. The molecule has 0 aromatic heterocycles. The highest BCUT2D eigenvalue weighted by Gasteiger charge is 2.17. The Bertz CT molecular complexity index is 1040. The summed E-state index contributed by atoms with van der Waals surface area (Å²) in [6.45, 7) is 4.69. The summed E-state index contributed by atoms with van der Waals surface area (Å²) in [6.07, 6.45) is 1.56. The first-order valence-electron chi connectivity index (χ1n) is 10.6. The van der Waals surface area contributed by atoms with Crippen molar-refractivity contribution in [2.45, 2.75) is 26.4 Å².